The Morgan fingerprint density at radius 1 is 1.57 bits per heavy atom. The molecule has 0 radical (unpaired) electrons. The SMILES string of the molecule is C#CC(=O)N(CC)CC1CCNCC1. The smallest absolute Gasteiger partial charge is 0.298 e. The lowest BCUT2D eigenvalue weighted by Crippen LogP contribution is -2.38. The highest BCUT2D eigenvalue weighted by atomic mass is 16.2. The van der Waals surface area contributed by atoms with Gasteiger partial charge in [-0.1, -0.05) is 0 Å². The predicted molar refractivity (Wildman–Crippen MR) is 56.7 cm³/mol. The Hall–Kier alpha value is -1.01. The van der Waals surface area contributed by atoms with Gasteiger partial charge in [0.15, 0.2) is 0 Å². The largest absolute Gasteiger partial charge is 0.332 e. The zero-order valence-electron chi connectivity index (χ0n) is 8.75. The maximum Gasteiger partial charge on any atom is 0.298 e. The maximum absolute atomic E-state index is 11.3. The van der Waals surface area contributed by atoms with Gasteiger partial charge in [0.2, 0.25) is 0 Å². The molecule has 1 rings (SSSR count). The number of terminal acetylenes is 1. The molecule has 1 fully saturated rings. The van der Waals surface area contributed by atoms with Crippen molar-refractivity contribution in [3.05, 3.63) is 0 Å². The molecule has 1 N–H and O–H groups in total. The molecule has 0 spiro atoms. The lowest BCUT2D eigenvalue weighted by atomic mass is 9.97. The first-order valence-corrected chi connectivity index (χ1v) is 5.24. The van der Waals surface area contributed by atoms with Crippen LogP contribution in [0.3, 0.4) is 0 Å². The van der Waals surface area contributed by atoms with Crippen LogP contribution in [-0.4, -0.2) is 37.0 Å². The van der Waals surface area contributed by atoms with E-state index in [0.29, 0.717) is 12.5 Å². The zero-order valence-corrected chi connectivity index (χ0v) is 8.75. The van der Waals surface area contributed by atoms with Crippen LogP contribution in [0.2, 0.25) is 0 Å². The third kappa shape index (κ3) is 3.04. The Kier molecular flexibility index (Phi) is 4.48. The summed E-state index contributed by atoms with van der Waals surface area (Å²) in [5, 5.41) is 3.31. The summed E-state index contributed by atoms with van der Waals surface area (Å²) in [5.74, 6) is 2.62. The van der Waals surface area contributed by atoms with E-state index in [1.807, 2.05) is 6.92 Å². The van der Waals surface area contributed by atoms with Crippen LogP contribution in [0.25, 0.3) is 0 Å². The Bertz CT molecular complexity index is 226. The molecule has 1 aliphatic heterocycles. The molecule has 0 saturated carbocycles. The van der Waals surface area contributed by atoms with Crippen molar-refractivity contribution >= 4 is 5.91 Å². The summed E-state index contributed by atoms with van der Waals surface area (Å²) >= 11 is 0. The predicted octanol–water partition coefficient (Wildman–Crippen LogP) is 0.468. The van der Waals surface area contributed by atoms with Crippen LogP contribution < -0.4 is 5.32 Å². The van der Waals surface area contributed by atoms with E-state index >= 15 is 0 Å². The fraction of sp³-hybridized carbons (Fsp3) is 0.727. The first-order chi connectivity index (χ1) is 6.77. The number of hydrogen-bond acceptors (Lipinski definition) is 2. The Balaban J connectivity index is 2.39. The quantitative estimate of drug-likeness (QED) is 0.662. The van der Waals surface area contributed by atoms with Gasteiger partial charge < -0.3 is 10.2 Å². The fourth-order valence-electron chi connectivity index (χ4n) is 1.82. The Morgan fingerprint density at radius 2 is 2.21 bits per heavy atom. The van der Waals surface area contributed by atoms with Crippen LogP contribution in [0.4, 0.5) is 0 Å². The van der Waals surface area contributed by atoms with Gasteiger partial charge in [0, 0.05) is 13.1 Å². The number of hydrogen-bond donors (Lipinski definition) is 1. The van der Waals surface area contributed by atoms with E-state index in [-0.39, 0.29) is 5.91 Å². The number of nitrogens with one attached hydrogen (secondary N) is 1. The van der Waals surface area contributed by atoms with Crippen molar-refractivity contribution < 1.29 is 4.79 Å². The molecular formula is C11H18N2O. The number of amides is 1. The van der Waals surface area contributed by atoms with Crippen LogP contribution in [0, 0.1) is 18.3 Å². The minimum absolute atomic E-state index is 0.175. The van der Waals surface area contributed by atoms with Crippen molar-refractivity contribution in [2.45, 2.75) is 19.8 Å². The monoisotopic (exact) mass is 194 g/mol. The molecule has 14 heavy (non-hydrogen) atoms. The summed E-state index contributed by atoms with van der Waals surface area (Å²) in [6, 6.07) is 0. The van der Waals surface area contributed by atoms with Gasteiger partial charge in [0.1, 0.15) is 0 Å². The van der Waals surface area contributed by atoms with Gasteiger partial charge in [0.05, 0.1) is 0 Å². The van der Waals surface area contributed by atoms with Crippen molar-refractivity contribution in [3.8, 4) is 12.3 Å². The minimum Gasteiger partial charge on any atom is -0.332 e. The highest BCUT2D eigenvalue weighted by Crippen LogP contribution is 2.13. The molecule has 0 unspecified atom stereocenters. The molecule has 0 aromatic carbocycles. The van der Waals surface area contributed by atoms with Crippen LogP contribution >= 0.6 is 0 Å². The molecular weight excluding hydrogens is 176 g/mol. The number of carbonyl (C=O) groups excluding carboxylic acids is 1. The number of rotatable bonds is 3. The van der Waals surface area contributed by atoms with Crippen LogP contribution in [0.1, 0.15) is 19.8 Å². The average molecular weight is 194 g/mol. The van der Waals surface area contributed by atoms with Crippen molar-refractivity contribution in [2.24, 2.45) is 5.92 Å². The minimum atomic E-state index is -0.175. The highest BCUT2D eigenvalue weighted by Gasteiger charge is 2.18. The first-order valence-electron chi connectivity index (χ1n) is 5.24. The number of carbonyl (C=O) groups is 1. The lowest BCUT2D eigenvalue weighted by Gasteiger charge is -2.28. The van der Waals surface area contributed by atoms with E-state index < -0.39 is 0 Å². The van der Waals surface area contributed by atoms with Gasteiger partial charge in [-0.2, -0.15) is 0 Å². The molecule has 1 saturated heterocycles. The van der Waals surface area contributed by atoms with Crippen molar-refractivity contribution in [1.29, 1.82) is 0 Å². The van der Waals surface area contributed by atoms with Crippen LogP contribution in [-0.2, 0) is 4.79 Å². The molecule has 0 bridgehead atoms. The molecule has 78 valence electrons. The summed E-state index contributed by atoms with van der Waals surface area (Å²) in [7, 11) is 0. The molecule has 3 nitrogen and oxygen atoms in total. The summed E-state index contributed by atoms with van der Waals surface area (Å²) in [6.07, 6.45) is 7.39. The average Bonchev–Trinajstić information content (AvgIpc) is 2.26. The summed E-state index contributed by atoms with van der Waals surface area (Å²) in [5.41, 5.74) is 0. The second-order valence-corrected chi connectivity index (χ2v) is 3.68. The van der Waals surface area contributed by atoms with Crippen LogP contribution in [0.5, 0.6) is 0 Å². The van der Waals surface area contributed by atoms with E-state index in [2.05, 4.69) is 11.2 Å². The zero-order chi connectivity index (χ0) is 10.4. The Labute approximate surface area is 85.9 Å². The van der Waals surface area contributed by atoms with Gasteiger partial charge in [0.25, 0.3) is 5.91 Å². The van der Waals surface area contributed by atoms with E-state index in [4.69, 9.17) is 6.42 Å². The van der Waals surface area contributed by atoms with Crippen molar-refractivity contribution in [3.63, 3.8) is 0 Å². The molecule has 1 heterocycles. The maximum atomic E-state index is 11.3. The van der Waals surface area contributed by atoms with Gasteiger partial charge >= 0.3 is 0 Å². The van der Waals surface area contributed by atoms with Gasteiger partial charge in [-0.3, -0.25) is 4.79 Å². The lowest BCUT2D eigenvalue weighted by molar-refractivity contribution is -0.125. The molecule has 0 aromatic heterocycles. The van der Waals surface area contributed by atoms with Crippen molar-refractivity contribution in [2.75, 3.05) is 26.2 Å². The molecule has 0 atom stereocenters. The van der Waals surface area contributed by atoms with Crippen LogP contribution in [0.15, 0.2) is 0 Å². The summed E-state index contributed by atoms with van der Waals surface area (Å²) < 4.78 is 0. The number of piperidine rings is 1. The molecule has 1 amide bonds. The third-order valence-corrected chi connectivity index (χ3v) is 2.73. The summed E-state index contributed by atoms with van der Waals surface area (Å²) in [4.78, 5) is 13.1. The van der Waals surface area contributed by atoms with E-state index in [1.165, 1.54) is 0 Å². The number of nitrogens with zero attached hydrogens (tertiary/aromatic N) is 1. The second kappa shape index (κ2) is 5.66. The second-order valence-electron chi connectivity index (χ2n) is 3.68. The standard InChI is InChI=1S/C11H18N2O/c1-3-11(14)13(4-2)9-10-5-7-12-8-6-10/h1,10,12H,4-9H2,2H3. The van der Waals surface area contributed by atoms with Gasteiger partial charge in [-0.05, 0) is 44.7 Å². The van der Waals surface area contributed by atoms with Crippen molar-refractivity contribution in [1.82, 2.24) is 10.2 Å². The van der Waals surface area contributed by atoms with Gasteiger partial charge in [-0.25, -0.2) is 0 Å². The molecule has 0 aliphatic carbocycles. The summed E-state index contributed by atoms with van der Waals surface area (Å²) in [6.45, 7) is 5.63. The van der Waals surface area contributed by atoms with E-state index in [9.17, 15) is 4.79 Å². The molecule has 0 aromatic rings. The Morgan fingerprint density at radius 3 is 2.71 bits per heavy atom. The first kappa shape index (κ1) is 11.1. The molecule has 3 heteroatoms. The van der Waals surface area contributed by atoms with Gasteiger partial charge in [-0.15, -0.1) is 6.42 Å². The normalized spacial score (nSPS) is 17.4. The van der Waals surface area contributed by atoms with E-state index in [1.54, 1.807) is 4.90 Å². The van der Waals surface area contributed by atoms with E-state index in [0.717, 1.165) is 32.5 Å². The fourth-order valence-corrected chi connectivity index (χ4v) is 1.82. The third-order valence-electron chi connectivity index (χ3n) is 2.73. The highest BCUT2D eigenvalue weighted by molar-refractivity contribution is 5.92. The topological polar surface area (TPSA) is 32.3 Å². The molecule has 1 aliphatic rings.